The molecule has 1 heterocycles. The lowest BCUT2D eigenvalue weighted by Crippen LogP contribution is -2.07. The minimum absolute atomic E-state index is 0.534. The van der Waals surface area contributed by atoms with E-state index in [0.29, 0.717) is 23.5 Å². The first-order valence-electron chi connectivity index (χ1n) is 24.0. The van der Waals surface area contributed by atoms with Gasteiger partial charge in [-0.3, -0.25) is 0 Å². The normalized spacial score (nSPS) is 12.2. The molecule has 0 bridgehead atoms. The highest BCUT2D eigenvalue weighted by molar-refractivity contribution is 6.21. The summed E-state index contributed by atoms with van der Waals surface area (Å²) in [7, 11) is 0. The van der Waals surface area contributed by atoms with Crippen molar-refractivity contribution in [2.45, 2.75) is 20.3 Å². The van der Waals surface area contributed by atoms with Gasteiger partial charge in [0.05, 0.1) is 5.70 Å². The molecule has 0 aliphatic carbocycles. The van der Waals surface area contributed by atoms with Gasteiger partial charge in [-0.05, 0) is 143 Å². The Bertz CT molecular complexity index is 4130. The molecule has 3 nitrogen and oxygen atoms in total. The Morgan fingerprint density at radius 3 is 1.79 bits per heavy atom. The lowest BCUT2D eigenvalue weighted by molar-refractivity contribution is 0.668. The second-order valence-corrected chi connectivity index (χ2v) is 18.2. The average molecular weight is 897 g/mol. The Morgan fingerprint density at radius 1 is 0.457 bits per heavy atom. The zero-order valence-corrected chi connectivity index (χ0v) is 39.2. The number of aryl methyl sites for hydroxylation is 1. The summed E-state index contributed by atoms with van der Waals surface area (Å²) in [5.74, 6) is 0.566. The van der Waals surface area contributed by atoms with Crippen LogP contribution in [-0.2, 0) is 0 Å². The molecule has 1 aromatic heterocycles. The fourth-order valence-corrected chi connectivity index (χ4v) is 10.3. The SMILES string of the molecule is C=C(c1cc(C(=C)/N=C(\N=C(/CC)c2ccc3ccccc3c2)c2ccc(-c3ccccc3)cc2)c2oc3ccc4ccccc4c3c2c1)c1cc2ccccc2cc1-c1c(C)ccc2ccccc12. The smallest absolute Gasteiger partial charge is 0.160 e. The fourth-order valence-electron chi connectivity index (χ4n) is 10.3. The van der Waals surface area contributed by atoms with Crippen LogP contribution in [0.1, 0.15) is 46.7 Å². The van der Waals surface area contributed by atoms with E-state index in [1.165, 1.54) is 38.1 Å². The van der Waals surface area contributed by atoms with Gasteiger partial charge in [0.2, 0.25) is 0 Å². The van der Waals surface area contributed by atoms with Gasteiger partial charge in [0.25, 0.3) is 0 Å². The zero-order chi connectivity index (χ0) is 47.3. The van der Waals surface area contributed by atoms with Crippen LogP contribution in [0.3, 0.4) is 0 Å². The van der Waals surface area contributed by atoms with Crippen LogP contribution in [-0.4, -0.2) is 11.5 Å². The largest absolute Gasteiger partial charge is 0.455 e. The summed E-state index contributed by atoms with van der Waals surface area (Å²) in [5, 5.41) is 11.4. The standard InChI is InChI=1S/C67H48N2O/c1-5-62(54-34-31-46-19-9-10-22-51(46)37-54)69-67(50-32-29-47(30-33-50)45-17-7-6-8-18-45)68-44(4)59-40-55(41-61-65-57-26-16-14-21-49(57)35-36-63(65)70-66(59)61)43(3)58-38-52-23-11-12-24-53(52)39-60(58)64-42(2)27-28-48-20-13-15-25-56(48)64/h6-41H,3-5H2,1-2H3/b68-67-,69-62+. The Morgan fingerprint density at radius 2 is 1.04 bits per heavy atom. The fraction of sp³-hybridized carbons (Fsp3) is 0.0448. The van der Waals surface area contributed by atoms with Gasteiger partial charge in [-0.25, -0.2) is 9.98 Å². The van der Waals surface area contributed by atoms with Crippen molar-refractivity contribution in [1.82, 2.24) is 0 Å². The minimum Gasteiger partial charge on any atom is -0.455 e. The van der Waals surface area contributed by atoms with E-state index in [-0.39, 0.29) is 0 Å². The maximum Gasteiger partial charge on any atom is 0.160 e. The summed E-state index contributed by atoms with van der Waals surface area (Å²) in [5.41, 5.74) is 14.4. The first kappa shape index (κ1) is 42.4. The predicted octanol–water partition coefficient (Wildman–Crippen LogP) is 18.2. The molecule has 0 radical (unpaired) electrons. The van der Waals surface area contributed by atoms with E-state index in [2.05, 4.69) is 226 Å². The van der Waals surface area contributed by atoms with Crippen LogP contribution in [0.5, 0.6) is 0 Å². The molecule has 0 aliphatic heterocycles. The molecule has 0 atom stereocenters. The van der Waals surface area contributed by atoms with Crippen molar-refractivity contribution in [3.63, 3.8) is 0 Å². The third kappa shape index (κ3) is 7.59. The van der Waals surface area contributed by atoms with Crippen molar-refractivity contribution in [2.24, 2.45) is 9.98 Å². The molecule has 0 spiro atoms. The van der Waals surface area contributed by atoms with Crippen molar-refractivity contribution in [2.75, 3.05) is 0 Å². The summed E-state index contributed by atoms with van der Waals surface area (Å²) in [6, 6.07) is 77.4. The number of aliphatic imine (C=N–C) groups is 2. The maximum atomic E-state index is 6.94. The monoisotopic (exact) mass is 896 g/mol. The summed E-state index contributed by atoms with van der Waals surface area (Å²) >= 11 is 0. The molecule has 3 heteroatoms. The van der Waals surface area contributed by atoms with Crippen LogP contribution in [0.25, 0.3) is 98.6 Å². The van der Waals surface area contributed by atoms with E-state index >= 15 is 0 Å². The molecule has 11 aromatic carbocycles. The molecule has 332 valence electrons. The van der Waals surface area contributed by atoms with E-state index in [0.717, 1.165) is 88.3 Å². The van der Waals surface area contributed by atoms with Gasteiger partial charge in [-0.15, -0.1) is 0 Å². The maximum absolute atomic E-state index is 6.94. The summed E-state index contributed by atoms with van der Waals surface area (Å²) in [4.78, 5) is 10.9. The van der Waals surface area contributed by atoms with Crippen LogP contribution >= 0.6 is 0 Å². The van der Waals surface area contributed by atoms with Crippen molar-refractivity contribution < 1.29 is 4.42 Å². The third-order valence-corrected chi connectivity index (χ3v) is 13.9. The summed E-state index contributed by atoms with van der Waals surface area (Å²) in [6.45, 7) is 14.1. The number of amidine groups is 1. The Balaban J connectivity index is 1.08. The highest BCUT2D eigenvalue weighted by atomic mass is 16.3. The molecule has 0 saturated carbocycles. The van der Waals surface area contributed by atoms with Crippen molar-refractivity contribution >= 4 is 87.8 Å². The van der Waals surface area contributed by atoms with Crippen LogP contribution in [0.15, 0.2) is 246 Å². The van der Waals surface area contributed by atoms with Gasteiger partial charge in [0.15, 0.2) is 5.84 Å². The van der Waals surface area contributed by atoms with Gasteiger partial charge in [-0.2, -0.15) is 0 Å². The lowest BCUT2D eigenvalue weighted by Gasteiger charge is -2.19. The van der Waals surface area contributed by atoms with E-state index in [9.17, 15) is 0 Å². The van der Waals surface area contributed by atoms with Crippen LogP contribution in [0.4, 0.5) is 0 Å². The Labute approximate surface area is 407 Å². The van der Waals surface area contributed by atoms with Crippen LogP contribution in [0.2, 0.25) is 0 Å². The van der Waals surface area contributed by atoms with Gasteiger partial charge < -0.3 is 4.42 Å². The van der Waals surface area contributed by atoms with Gasteiger partial charge in [-0.1, -0.05) is 202 Å². The summed E-state index contributed by atoms with van der Waals surface area (Å²) in [6.07, 6.45) is 0.701. The van der Waals surface area contributed by atoms with Crippen LogP contribution in [0, 0.1) is 6.92 Å². The van der Waals surface area contributed by atoms with Gasteiger partial charge in [0, 0.05) is 27.6 Å². The van der Waals surface area contributed by atoms with E-state index in [1.54, 1.807) is 0 Å². The number of hydrogen-bond donors (Lipinski definition) is 0. The molecular weight excluding hydrogens is 849 g/mol. The molecule has 12 aromatic rings. The van der Waals surface area contributed by atoms with Gasteiger partial charge in [0.1, 0.15) is 11.2 Å². The first-order valence-corrected chi connectivity index (χ1v) is 24.0. The molecule has 0 unspecified atom stereocenters. The number of furan rings is 1. The zero-order valence-electron chi connectivity index (χ0n) is 39.2. The predicted molar refractivity (Wildman–Crippen MR) is 299 cm³/mol. The Kier molecular flexibility index (Phi) is 10.7. The molecule has 0 fully saturated rings. The molecule has 70 heavy (non-hydrogen) atoms. The highest BCUT2D eigenvalue weighted by Gasteiger charge is 2.22. The van der Waals surface area contributed by atoms with E-state index in [4.69, 9.17) is 27.6 Å². The molecule has 12 rings (SSSR count). The van der Waals surface area contributed by atoms with Gasteiger partial charge >= 0.3 is 0 Å². The van der Waals surface area contributed by atoms with Crippen molar-refractivity contribution in [1.29, 1.82) is 0 Å². The highest BCUT2D eigenvalue weighted by Crippen LogP contribution is 2.44. The molecule has 0 N–H and O–H groups in total. The van der Waals surface area contributed by atoms with Crippen LogP contribution < -0.4 is 0 Å². The number of hydrogen-bond acceptors (Lipinski definition) is 2. The second-order valence-electron chi connectivity index (χ2n) is 18.2. The molecule has 0 saturated heterocycles. The second kappa shape index (κ2) is 17.6. The topological polar surface area (TPSA) is 37.9 Å². The molecule has 0 amide bonds. The molecule has 0 aliphatic rings. The average Bonchev–Trinajstić information content (AvgIpc) is 3.80. The van der Waals surface area contributed by atoms with E-state index in [1.807, 2.05) is 6.07 Å². The minimum atomic E-state index is 0.534. The Hall–Kier alpha value is -8.92. The van der Waals surface area contributed by atoms with Crippen molar-refractivity contribution in [3.8, 4) is 22.3 Å². The number of benzene rings is 11. The van der Waals surface area contributed by atoms with Crippen molar-refractivity contribution in [3.05, 3.63) is 265 Å². The lowest BCUT2D eigenvalue weighted by atomic mass is 9.85. The molecular formula is C67H48N2O. The van der Waals surface area contributed by atoms with E-state index < -0.39 is 0 Å². The number of nitrogens with zero attached hydrogens (tertiary/aromatic N) is 2. The quantitative estimate of drug-likeness (QED) is 0.105. The summed E-state index contributed by atoms with van der Waals surface area (Å²) < 4.78 is 6.94. The number of rotatable bonds is 9. The third-order valence-electron chi connectivity index (χ3n) is 13.9. The number of fused-ring (bicyclic) bond motifs is 8. The first-order chi connectivity index (χ1) is 34.4.